The minimum atomic E-state index is -1.04. The molecular formula is C26H25N5O4. The number of carboxylic acids is 2. The standard InChI is InChI=1S/C26H25N5O4/c32-24(33)19-7-8-22-20(15-19)21(17-31(22)16-18-5-2-1-3-6-18)23(25(34)35)29-11-13-30(14-12-29)26-27-9-4-10-28-26/h1-10,15,17,23H,11-14,16H2,(H,32,33)(H,34,35). The highest BCUT2D eigenvalue weighted by molar-refractivity contribution is 5.96. The van der Waals surface area contributed by atoms with Crippen LogP contribution in [-0.2, 0) is 11.3 Å². The molecule has 1 atom stereocenters. The van der Waals surface area contributed by atoms with E-state index in [4.69, 9.17) is 0 Å². The number of rotatable bonds is 7. The molecule has 9 nitrogen and oxygen atoms in total. The summed E-state index contributed by atoms with van der Waals surface area (Å²) in [5.41, 5.74) is 2.60. The molecule has 2 aromatic carbocycles. The third kappa shape index (κ3) is 4.58. The van der Waals surface area contributed by atoms with E-state index in [0.29, 0.717) is 49.6 Å². The van der Waals surface area contributed by atoms with Gasteiger partial charge in [-0.1, -0.05) is 30.3 Å². The van der Waals surface area contributed by atoms with E-state index in [-0.39, 0.29) is 5.56 Å². The van der Waals surface area contributed by atoms with Crippen LogP contribution in [0.5, 0.6) is 0 Å². The normalized spacial score (nSPS) is 15.3. The maximum absolute atomic E-state index is 12.6. The average molecular weight is 472 g/mol. The van der Waals surface area contributed by atoms with Crippen molar-refractivity contribution in [1.82, 2.24) is 19.4 Å². The maximum atomic E-state index is 12.6. The number of carboxylic acid groups (broad SMARTS) is 2. The van der Waals surface area contributed by atoms with Crippen molar-refractivity contribution in [2.24, 2.45) is 0 Å². The SMILES string of the molecule is O=C(O)c1ccc2c(c1)c(C(C(=O)O)N1CCN(c3ncccn3)CC1)cn2Cc1ccccc1. The summed E-state index contributed by atoms with van der Waals surface area (Å²) in [5.74, 6) is -1.38. The van der Waals surface area contributed by atoms with Gasteiger partial charge in [0.2, 0.25) is 5.95 Å². The molecule has 0 saturated carbocycles. The molecular weight excluding hydrogens is 446 g/mol. The van der Waals surface area contributed by atoms with Crippen LogP contribution in [0.4, 0.5) is 5.95 Å². The van der Waals surface area contributed by atoms with Crippen molar-refractivity contribution in [3.8, 4) is 0 Å². The van der Waals surface area contributed by atoms with E-state index in [1.165, 1.54) is 0 Å². The lowest BCUT2D eigenvalue weighted by Crippen LogP contribution is -2.49. The van der Waals surface area contributed by atoms with E-state index in [0.717, 1.165) is 11.1 Å². The lowest BCUT2D eigenvalue weighted by atomic mass is 10.0. The van der Waals surface area contributed by atoms with Crippen LogP contribution in [0, 0.1) is 0 Å². The Hall–Kier alpha value is -4.24. The first kappa shape index (κ1) is 22.5. The van der Waals surface area contributed by atoms with Gasteiger partial charge in [-0.3, -0.25) is 9.69 Å². The van der Waals surface area contributed by atoms with Crippen molar-refractivity contribution < 1.29 is 19.8 Å². The predicted molar refractivity (Wildman–Crippen MR) is 131 cm³/mol. The number of hydrogen-bond acceptors (Lipinski definition) is 6. The number of piperazine rings is 1. The highest BCUT2D eigenvalue weighted by atomic mass is 16.4. The zero-order valence-corrected chi connectivity index (χ0v) is 19.0. The Morgan fingerprint density at radius 2 is 1.63 bits per heavy atom. The van der Waals surface area contributed by atoms with Gasteiger partial charge in [-0.15, -0.1) is 0 Å². The van der Waals surface area contributed by atoms with Crippen molar-refractivity contribution in [2.45, 2.75) is 12.6 Å². The maximum Gasteiger partial charge on any atom is 0.335 e. The highest BCUT2D eigenvalue weighted by Gasteiger charge is 2.33. The smallest absolute Gasteiger partial charge is 0.335 e. The zero-order valence-electron chi connectivity index (χ0n) is 19.0. The number of benzene rings is 2. The molecule has 2 N–H and O–H groups in total. The largest absolute Gasteiger partial charge is 0.480 e. The fraction of sp³-hybridized carbons (Fsp3) is 0.231. The first-order valence-corrected chi connectivity index (χ1v) is 11.4. The van der Waals surface area contributed by atoms with Crippen molar-refractivity contribution >= 4 is 28.8 Å². The second-order valence-corrected chi connectivity index (χ2v) is 8.55. The van der Waals surface area contributed by atoms with E-state index in [2.05, 4.69) is 9.97 Å². The third-order valence-corrected chi connectivity index (χ3v) is 6.40. The van der Waals surface area contributed by atoms with Gasteiger partial charge >= 0.3 is 11.9 Å². The van der Waals surface area contributed by atoms with E-state index in [1.54, 1.807) is 36.7 Å². The molecule has 35 heavy (non-hydrogen) atoms. The van der Waals surface area contributed by atoms with Crippen LogP contribution in [0.15, 0.2) is 73.2 Å². The molecule has 1 unspecified atom stereocenters. The third-order valence-electron chi connectivity index (χ3n) is 6.40. The molecule has 2 aromatic heterocycles. The molecule has 1 fully saturated rings. The Morgan fingerprint density at radius 3 is 2.29 bits per heavy atom. The molecule has 178 valence electrons. The molecule has 0 spiro atoms. The van der Waals surface area contributed by atoms with Crippen LogP contribution in [0.3, 0.4) is 0 Å². The van der Waals surface area contributed by atoms with Gasteiger partial charge < -0.3 is 19.7 Å². The number of aromatic carboxylic acids is 1. The van der Waals surface area contributed by atoms with Crippen LogP contribution in [0.25, 0.3) is 10.9 Å². The molecule has 1 saturated heterocycles. The highest BCUT2D eigenvalue weighted by Crippen LogP contribution is 2.33. The summed E-state index contributed by atoms with van der Waals surface area (Å²) in [6.07, 6.45) is 5.24. The lowest BCUT2D eigenvalue weighted by Gasteiger charge is -2.37. The number of nitrogens with zero attached hydrogens (tertiary/aromatic N) is 5. The van der Waals surface area contributed by atoms with Crippen molar-refractivity contribution in [3.05, 3.63) is 89.9 Å². The molecule has 4 aromatic rings. The summed E-state index contributed by atoms with van der Waals surface area (Å²) in [6.45, 7) is 2.77. The number of anilines is 1. The average Bonchev–Trinajstić information content (AvgIpc) is 3.22. The Labute approximate surface area is 201 Å². The van der Waals surface area contributed by atoms with Gasteiger partial charge in [0.05, 0.1) is 5.56 Å². The zero-order chi connectivity index (χ0) is 24.4. The summed E-state index contributed by atoms with van der Waals surface area (Å²) < 4.78 is 2.00. The Balaban J connectivity index is 1.51. The first-order chi connectivity index (χ1) is 17.0. The Morgan fingerprint density at radius 1 is 0.914 bits per heavy atom. The number of aliphatic carboxylic acids is 1. The summed E-state index contributed by atoms with van der Waals surface area (Å²) in [4.78, 5) is 36.8. The number of aromatic nitrogens is 3. The topological polar surface area (TPSA) is 112 Å². The monoisotopic (exact) mass is 471 g/mol. The van der Waals surface area contributed by atoms with Gasteiger partial charge in [-0.05, 0) is 29.8 Å². The van der Waals surface area contributed by atoms with Crippen LogP contribution < -0.4 is 4.90 Å². The van der Waals surface area contributed by atoms with Crippen molar-refractivity contribution in [1.29, 1.82) is 0 Å². The lowest BCUT2D eigenvalue weighted by molar-refractivity contribution is -0.143. The van der Waals surface area contributed by atoms with Gasteiger partial charge in [-0.25, -0.2) is 14.8 Å². The second-order valence-electron chi connectivity index (χ2n) is 8.55. The number of hydrogen-bond donors (Lipinski definition) is 2. The molecule has 1 aliphatic heterocycles. The first-order valence-electron chi connectivity index (χ1n) is 11.4. The van der Waals surface area contributed by atoms with Crippen LogP contribution in [0.1, 0.15) is 27.5 Å². The van der Waals surface area contributed by atoms with Crippen LogP contribution in [-0.4, -0.2) is 67.8 Å². The van der Waals surface area contributed by atoms with Crippen molar-refractivity contribution in [2.75, 3.05) is 31.1 Å². The van der Waals surface area contributed by atoms with Gasteiger partial charge in [0.15, 0.2) is 0 Å². The van der Waals surface area contributed by atoms with Gasteiger partial charge in [0, 0.05) is 67.8 Å². The minimum Gasteiger partial charge on any atom is -0.480 e. The van der Waals surface area contributed by atoms with Crippen molar-refractivity contribution in [3.63, 3.8) is 0 Å². The Bertz CT molecular complexity index is 1350. The quantitative estimate of drug-likeness (QED) is 0.423. The van der Waals surface area contributed by atoms with Crippen LogP contribution in [0.2, 0.25) is 0 Å². The second kappa shape index (κ2) is 9.55. The fourth-order valence-electron chi connectivity index (χ4n) is 4.71. The van der Waals surface area contributed by atoms with Gasteiger partial charge in [-0.2, -0.15) is 0 Å². The van der Waals surface area contributed by atoms with Gasteiger partial charge in [0.25, 0.3) is 0 Å². The minimum absolute atomic E-state index is 0.131. The van der Waals surface area contributed by atoms with Crippen LogP contribution >= 0.6 is 0 Å². The summed E-state index contributed by atoms with van der Waals surface area (Å²) in [7, 11) is 0. The molecule has 5 rings (SSSR count). The molecule has 0 radical (unpaired) electrons. The molecule has 3 heterocycles. The molecule has 0 amide bonds. The van der Waals surface area contributed by atoms with E-state index in [1.807, 2.05) is 50.9 Å². The predicted octanol–water partition coefficient (Wildman–Crippen LogP) is 3.13. The summed E-state index contributed by atoms with van der Waals surface area (Å²) >= 11 is 0. The molecule has 1 aliphatic rings. The number of fused-ring (bicyclic) bond motifs is 1. The summed E-state index contributed by atoms with van der Waals surface area (Å²) in [5, 5.41) is 20.5. The Kier molecular flexibility index (Phi) is 6.15. The van der Waals surface area contributed by atoms with Gasteiger partial charge in [0.1, 0.15) is 6.04 Å². The van der Waals surface area contributed by atoms with E-state index >= 15 is 0 Å². The number of carbonyl (C=O) groups is 2. The fourth-order valence-corrected chi connectivity index (χ4v) is 4.71. The molecule has 9 heteroatoms. The molecule has 0 bridgehead atoms. The summed E-state index contributed by atoms with van der Waals surface area (Å²) in [6, 6.07) is 15.6. The molecule has 0 aliphatic carbocycles. The van der Waals surface area contributed by atoms with E-state index < -0.39 is 18.0 Å². The van der Waals surface area contributed by atoms with E-state index in [9.17, 15) is 19.8 Å².